The largest absolute Gasteiger partial charge is 0.472 e. The van der Waals surface area contributed by atoms with E-state index in [9.17, 15) is 17.9 Å². The van der Waals surface area contributed by atoms with Gasteiger partial charge in [0.1, 0.15) is 16.2 Å². The third kappa shape index (κ3) is 5.06. The third-order valence-electron chi connectivity index (χ3n) is 7.14. The summed E-state index contributed by atoms with van der Waals surface area (Å²) >= 11 is 0. The van der Waals surface area contributed by atoms with Gasteiger partial charge in [0, 0.05) is 24.8 Å². The zero-order chi connectivity index (χ0) is 26.0. The molecule has 0 saturated heterocycles. The standard InChI is InChI=1S/C28H31FN2O4S/c1-27(2)28(3,19-20-11-13-21(14-12-20)25-10-6-7-16-30-25)36(33,34)31-26(35-27)18-22(15-17-32)23-8-4-5-9-24(23)29/h4-14,16,22,32H,15,17-19H2,1-3H3/t22-,28?/m1/s1. The Morgan fingerprint density at radius 3 is 2.31 bits per heavy atom. The van der Waals surface area contributed by atoms with Crippen LogP contribution in [0.25, 0.3) is 11.3 Å². The number of ether oxygens (including phenoxy) is 1. The van der Waals surface area contributed by atoms with Crippen LogP contribution >= 0.6 is 0 Å². The second kappa shape index (κ2) is 10.1. The van der Waals surface area contributed by atoms with E-state index < -0.39 is 32.1 Å². The summed E-state index contributed by atoms with van der Waals surface area (Å²) in [5.41, 5.74) is 1.90. The van der Waals surface area contributed by atoms with E-state index in [1.54, 1.807) is 45.2 Å². The predicted molar refractivity (Wildman–Crippen MR) is 139 cm³/mol. The van der Waals surface area contributed by atoms with Crippen molar-refractivity contribution in [3.05, 3.63) is 89.9 Å². The maximum absolute atomic E-state index is 14.4. The van der Waals surface area contributed by atoms with Crippen molar-refractivity contribution in [1.82, 2.24) is 4.98 Å². The maximum Gasteiger partial charge on any atom is 0.265 e. The Hall–Kier alpha value is -3.10. The van der Waals surface area contributed by atoms with Crippen LogP contribution in [-0.2, 0) is 21.2 Å². The van der Waals surface area contributed by atoms with Crippen molar-refractivity contribution in [3.8, 4) is 11.3 Å². The van der Waals surface area contributed by atoms with Gasteiger partial charge in [-0.3, -0.25) is 4.98 Å². The Morgan fingerprint density at radius 1 is 1.00 bits per heavy atom. The number of hydrogen-bond acceptors (Lipinski definition) is 5. The third-order valence-corrected chi connectivity index (χ3v) is 9.36. The van der Waals surface area contributed by atoms with Crippen LogP contribution in [0.3, 0.4) is 0 Å². The van der Waals surface area contributed by atoms with E-state index in [1.165, 1.54) is 6.07 Å². The van der Waals surface area contributed by atoms with Crippen LogP contribution in [0.2, 0.25) is 0 Å². The first-order chi connectivity index (χ1) is 17.1. The van der Waals surface area contributed by atoms with E-state index in [-0.39, 0.29) is 31.8 Å². The molecule has 0 fully saturated rings. The van der Waals surface area contributed by atoms with Crippen LogP contribution < -0.4 is 0 Å². The van der Waals surface area contributed by atoms with Crippen LogP contribution in [-0.4, -0.2) is 41.4 Å². The minimum absolute atomic E-state index is 0.0321. The first-order valence-corrected chi connectivity index (χ1v) is 13.4. The van der Waals surface area contributed by atoms with Gasteiger partial charge in [-0.2, -0.15) is 0 Å². The van der Waals surface area contributed by atoms with Gasteiger partial charge in [-0.05, 0) is 68.9 Å². The van der Waals surface area contributed by atoms with Gasteiger partial charge in [0.15, 0.2) is 0 Å². The normalized spacial score (nSPS) is 21.3. The quantitative estimate of drug-likeness (QED) is 0.445. The molecule has 0 saturated carbocycles. The smallest absolute Gasteiger partial charge is 0.265 e. The maximum atomic E-state index is 14.4. The van der Waals surface area contributed by atoms with E-state index in [2.05, 4.69) is 9.38 Å². The summed E-state index contributed by atoms with van der Waals surface area (Å²) in [7, 11) is -4.00. The summed E-state index contributed by atoms with van der Waals surface area (Å²) < 4.78 is 50.5. The van der Waals surface area contributed by atoms with Gasteiger partial charge in [-0.15, -0.1) is 4.40 Å². The van der Waals surface area contributed by atoms with Gasteiger partial charge < -0.3 is 9.84 Å². The molecule has 0 radical (unpaired) electrons. The monoisotopic (exact) mass is 510 g/mol. The molecule has 36 heavy (non-hydrogen) atoms. The summed E-state index contributed by atoms with van der Waals surface area (Å²) in [4.78, 5) is 4.35. The minimum atomic E-state index is -4.00. The SMILES string of the molecule is CC1(C)OC(C[C@@H](CCO)c2ccccc2F)=NS(=O)(=O)C1(C)Cc1ccc(-c2ccccn2)cc1. The lowest BCUT2D eigenvalue weighted by atomic mass is 9.85. The molecule has 0 bridgehead atoms. The number of aliphatic hydroxyl groups excluding tert-OH is 1. The Bertz CT molecular complexity index is 1340. The summed E-state index contributed by atoms with van der Waals surface area (Å²) in [5, 5.41) is 9.54. The van der Waals surface area contributed by atoms with Crippen molar-refractivity contribution in [2.24, 2.45) is 4.40 Å². The fraction of sp³-hybridized carbons (Fsp3) is 0.357. The number of aromatic nitrogens is 1. The Kier molecular flexibility index (Phi) is 7.29. The fourth-order valence-corrected chi connectivity index (χ4v) is 6.20. The number of rotatable bonds is 8. The van der Waals surface area contributed by atoms with Gasteiger partial charge in [0.05, 0.1) is 5.69 Å². The summed E-state index contributed by atoms with van der Waals surface area (Å²) in [6, 6.07) is 19.6. The van der Waals surface area contributed by atoms with Crippen LogP contribution in [0.1, 0.15) is 50.7 Å². The van der Waals surface area contributed by atoms with Crippen molar-refractivity contribution >= 4 is 15.9 Å². The Labute approximate surface area is 212 Å². The molecule has 2 heterocycles. The lowest BCUT2D eigenvalue weighted by Gasteiger charge is -2.45. The molecule has 1 unspecified atom stereocenters. The number of pyridine rings is 1. The van der Waals surface area contributed by atoms with Gasteiger partial charge in [0.2, 0.25) is 5.90 Å². The highest BCUT2D eigenvalue weighted by molar-refractivity contribution is 7.91. The minimum Gasteiger partial charge on any atom is -0.472 e. The van der Waals surface area contributed by atoms with Gasteiger partial charge in [-0.25, -0.2) is 12.8 Å². The van der Waals surface area contributed by atoms with E-state index in [1.807, 2.05) is 42.5 Å². The molecule has 190 valence electrons. The molecule has 6 nitrogen and oxygen atoms in total. The van der Waals surface area contributed by atoms with Crippen molar-refractivity contribution in [2.75, 3.05) is 6.61 Å². The first-order valence-electron chi connectivity index (χ1n) is 11.9. The van der Waals surface area contributed by atoms with Crippen molar-refractivity contribution in [2.45, 2.75) is 56.3 Å². The molecule has 2 aromatic carbocycles. The van der Waals surface area contributed by atoms with Crippen molar-refractivity contribution in [3.63, 3.8) is 0 Å². The highest BCUT2D eigenvalue weighted by Crippen LogP contribution is 2.42. The molecule has 1 aliphatic rings. The zero-order valence-electron chi connectivity index (χ0n) is 20.7. The number of sulfonamides is 1. The zero-order valence-corrected chi connectivity index (χ0v) is 21.5. The lowest BCUT2D eigenvalue weighted by molar-refractivity contribution is 0.0436. The average Bonchev–Trinajstić information content (AvgIpc) is 2.83. The first kappa shape index (κ1) is 26.0. The Balaban J connectivity index is 1.60. The highest BCUT2D eigenvalue weighted by atomic mass is 32.2. The van der Waals surface area contributed by atoms with Crippen LogP contribution in [0, 0.1) is 5.82 Å². The van der Waals surface area contributed by atoms with Crippen LogP contribution in [0.4, 0.5) is 4.39 Å². The average molecular weight is 511 g/mol. The number of aliphatic hydroxyl groups is 1. The van der Waals surface area contributed by atoms with E-state index in [0.29, 0.717) is 5.56 Å². The van der Waals surface area contributed by atoms with Gasteiger partial charge >= 0.3 is 0 Å². The summed E-state index contributed by atoms with van der Waals surface area (Å²) in [6.45, 7) is 4.96. The highest BCUT2D eigenvalue weighted by Gasteiger charge is 2.56. The predicted octanol–water partition coefficient (Wildman–Crippen LogP) is 5.28. The van der Waals surface area contributed by atoms with Crippen LogP contribution in [0.15, 0.2) is 77.3 Å². The molecule has 3 aromatic rings. The molecule has 4 rings (SSSR count). The second-order valence-electron chi connectivity index (χ2n) is 9.83. The van der Waals surface area contributed by atoms with Crippen molar-refractivity contribution in [1.29, 1.82) is 0 Å². The molecule has 1 N–H and O–H groups in total. The fourth-order valence-electron chi connectivity index (χ4n) is 4.61. The van der Waals surface area contributed by atoms with E-state index in [4.69, 9.17) is 4.74 Å². The molecular weight excluding hydrogens is 479 g/mol. The Morgan fingerprint density at radius 2 is 1.69 bits per heavy atom. The molecule has 8 heteroatoms. The van der Waals surface area contributed by atoms with E-state index >= 15 is 0 Å². The molecule has 1 aromatic heterocycles. The van der Waals surface area contributed by atoms with Gasteiger partial charge in [0.25, 0.3) is 10.0 Å². The summed E-state index contributed by atoms with van der Waals surface area (Å²) in [5.74, 6) is -0.845. The van der Waals surface area contributed by atoms with E-state index in [0.717, 1.165) is 16.8 Å². The molecular formula is C28H31FN2O4S. The van der Waals surface area contributed by atoms with Gasteiger partial charge in [-0.1, -0.05) is 48.5 Å². The number of nitrogens with zero attached hydrogens (tertiary/aromatic N) is 2. The molecule has 2 atom stereocenters. The second-order valence-corrected chi connectivity index (χ2v) is 11.9. The molecule has 1 aliphatic heterocycles. The van der Waals surface area contributed by atoms with Crippen LogP contribution in [0.5, 0.6) is 0 Å². The molecule has 0 spiro atoms. The topological polar surface area (TPSA) is 88.9 Å². The molecule has 0 amide bonds. The number of benzene rings is 2. The lowest BCUT2D eigenvalue weighted by Crippen LogP contribution is -2.59. The van der Waals surface area contributed by atoms with Crippen molar-refractivity contribution < 1.29 is 22.7 Å². The summed E-state index contributed by atoms with van der Waals surface area (Å²) in [6.07, 6.45) is 2.25. The number of hydrogen-bond donors (Lipinski definition) is 1. The number of halogens is 1. The molecule has 0 aliphatic carbocycles.